The van der Waals surface area contributed by atoms with Gasteiger partial charge in [-0.05, 0) is 51.9 Å². The van der Waals surface area contributed by atoms with Gasteiger partial charge in [-0.1, -0.05) is 0 Å². The van der Waals surface area contributed by atoms with Crippen molar-refractivity contribution in [2.45, 2.75) is 58.4 Å². The van der Waals surface area contributed by atoms with Crippen LogP contribution in [0.4, 0.5) is 4.79 Å². The van der Waals surface area contributed by atoms with Gasteiger partial charge in [0.2, 0.25) is 0 Å². The highest BCUT2D eigenvalue weighted by atomic mass is 16.5. The van der Waals surface area contributed by atoms with E-state index >= 15 is 0 Å². The minimum atomic E-state index is -0.188. The lowest BCUT2D eigenvalue weighted by Crippen LogP contribution is -2.45. The number of amides is 3. The molecule has 3 rings (SSSR count). The number of nitrogens with one attached hydrogen (secondary N) is 1. The summed E-state index contributed by atoms with van der Waals surface area (Å²) in [6, 6.07) is -0.0182. The number of fused-ring (bicyclic) bond motifs is 1. The highest BCUT2D eigenvalue weighted by Crippen LogP contribution is 2.21. The van der Waals surface area contributed by atoms with Gasteiger partial charge in [-0.25, -0.2) is 4.79 Å². The zero-order valence-corrected chi connectivity index (χ0v) is 20.8. The maximum Gasteiger partial charge on any atom is 0.319 e. The average Bonchev–Trinajstić information content (AvgIpc) is 3.18. The van der Waals surface area contributed by atoms with Crippen LogP contribution in [0, 0.1) is 5.92 Å². The normalized spacial score (nSPS) is 18.0. The van der Waals surface area contributed by atoms with Crippen molar-refractivity contribution in [2.24, 2.45) is 5.92 Å². The summed E-state index contributed by atoms with van der Waals surface area (Å²) in [4.78, 5) is 40.7. The molecule has 1 saturated heterocycles. The molecule has 0 saturated carbocycles. The molecule has 1 fully saturated rings. The fourth-order valence-corrected chi connectivity index (χ4v) is 4.53. The molecule has 0 aromatic carbocycles. The van der Waals surface area contributed by atoms with Crippen LogP contribution in [0.25, 0.3) is 0 Å². The number of nitrogens with zero attached hydrogens (tertiary/aromatic N) is 4. The maximum absolute atomic E-state index is 12.8. The van der Waals surface area contributed by atoms with Gasteiger partial charge in [0.05, 0.1) is 18.2 Å². The number of esters is 1. The number of aromatic nitrogens is 2. The number of aryl methyl sites for hydroxylation is 2. The van der Waals surface area contributed by atoms with Gasteiger partial charge in [-0.2, -0.15) is 5.10 Å². The Labute approximate surface area is 201 Å². The topological polar surface area (TPSA) is 106 Å². The molecular weight excluding hydrogens is 438 g/mol. The van der Waals surface area contributed by atoms with Gasteiger partial charge in [-0.3, -0.25) is 14.3 Å². The van der Waals surface area contributed by atoms with Crippen molar-refractivity contribution in [1.82, 2.24) is 24.9 Å². The van der Waals surface area contributed by atoms with Gasteiger partial charge >= 0.3 is 12.0 Å². The summed E-state index contributed by atoms with van der Waals surface area (Å²) >= 11 is 0. The second-order valence-electron chi connectivity index (χ2n) is 9.12. The lowest BCUT2D eigenvalue weighted by molar-refractivity contribution is -0.150. The van der Waals surface area contributed by atoms with Crippen LogP contribution < -0.4 is 5.32 Å². The Morgan fingerprint density at radius 2 is 1.94 bits per heavy atom. The summed E-state index contributed by atoms with van der Waals surface area (Å²) in [6.07, 6.45) is 4.93. The second kappa shape index (κ2) is 12.7. The van der Waals surface area contributed by atoms with Gasteiger partial charge in [0.1, 0.15) is 5.69 Å². The molecular formula is C24H39N5O5. The molecule has 0 aliphatic carbocycles. The average molecular weight is 478 g/mol. The van der Waals surface area contributed by atoms with Crippen molar-refractivity contribution < 1.29 is 23.9 Å². The fourth-order valence-electron chi connectivity index (χ4n) is 4.53. The van der Waals surface area contributed by atoms with Crippen LogP contribution >= 0.6 is 0 Å². The highest BCUT2D eigenvalue weighted by molar-refractivity contribution is 5.94. The van der Waals surface area contributed by atoms with E-state index in [1.807, 2.05) is 6.92 Å². The van der Waals surface area contributed by atoms with Gasteiger partial charge < -0.3 is 24.6 Å². The van der Waals surface area contributed by atoms with Crippen molar-refractivity contribution in [2.75, 3.05) is 53.6 Å². The SMILES string of the molecule is CCn1nc(CCCOC(=O)C2CCN(C(=O)N(C)C)CC2)c2c1C(=O)NCCCOCCC2. The van der Waals surface area contributed by atoms with Crippen LogP contribution in [0.5, 0.6) is 0 Å². The number of rotatable bonds is 6. The van der Waals surface area contributed by atoms with E-state index in [1.54, 1.807) is 28.6 Å². The lowest BCUT2D eigenvalue weighted by Gasteiger charge is -2.32. The zero-order valence-electron chi connectivity index (χ0n) is 20.8. The van der Waals surface area contributed by atoms with E-state index in [4.69, 9.17) is 14.6 Å². The number of hydrogen-bond acceptors (Lipinski definition) is 6. The Morgan fingerprint density at radius 1 is 1.21 bits per heavy atom. The molecule has 10 heteroatoms. The summed E-state index contributed by atoms with van der Waals surface area (Å²) in [7, 11) is 3.47. The number of likely N-dealkylation sites (tertiary alicyclic amines) is 1. The van der Waals surface area contributed by atoms with Gasteiger partial charge in [0.15, 0.2) is 0 Å². The highest BCUT2D eigenvalue weighted by Gasteiger charge is 2.29. The molecule has 1 N–H and O–H groups in total. The largest absolute Gasteiger partial charge is 0.465 e. The minimum absolute atomic E-state index is 0.0182. The lowest BCUT2D eigenvalue weighted by atomic mass is 9.97. The Balaban J connectivity index is 1.52. The first kappa shape index (κ1) is 26.0. The van der Waals surface area contributed by atoms with Crippen molar-refractivity contribution in [3.63, 3.8) is 0 Å². The Bertz CT molecular complexity index is 845. The smallest absolute Gasteiger partial charge is 0.319 e. The Morgan fingerprint density at radius 3 is 2.65 bits per heavy atom. The van der Waals surface area contributed by atoms with Crippen molar-refractivity contribution in [3.05, 3.63) is 17.0 Å². The number of carbonyl (C=O) groups is 3. The molecule has 1 aromatic heterocycles. The number of urea groups is 1. The molecule has 0 bridgehead atoms. The molecule has 1 aromatic rings. The van der Waals surface area contributed by atoms with E-state index in [-0.39, 0.29) is 23.8 Å². The quantitative estimate of drug-likeness (QED) is 0.495. The first-order valence-electron chi connectivity index (χ1n) is 12.5. The third-order valence-corrected chi connectivity index (χ3v) is 6.40. The molecule has 0 atom stereocenters. The Kier molecular flexibility index (Phi) is 9.74. The van der Waals surface area contributed by atoms with Crippen molar-refractivity contribution in [1.29, 1.82) is 0 Å². The number of carbonyl (C=O) groups excluding carboxylic acids is 3. The molecule has 0 radical (unpaired) electrons. The van der Waals surface area contributed by atoms with Crippen molar-refractivity contribution >= 4 is 17.9 Å². The summed E-state index contributed by atoms with van der Waals surface area (Å²) in [5.74, 6) is -0.430. The third kappa shape index (κ3) is 6.71. The zero-order chi connectivity index (χ0) is 24.5. The summed E-state index contributed by atoms with van der Waals surface area (Å²) in [5, 5.41) is 7.69. The molecule has 190 valence electrons. The summed E-state index contributed by atoms with van der Waals surface area (Å²) in [6.45, 7) is 5.97. The molecule has 2 aliphatic rings. The second-order valence-corrected chi connectivity index (χ2v) is 9.12. The van der Waals surface area contributed by atoms with E-state index in [0.717, 1.165) is 30.5 Å². The van der Waals surface area contributed by atoms with Crippen LogP contribution in [0.3, 0.4) is 0 Å². The maximum atomic E-state index is 12.8. The first-order chi connectivity index (χ1) is 16.4. The van der Waals surface area contributed by atoms with E-state index in [2.05, 4.69) is 5.32 Å². The minimum Gasteiger partial charge on any atom is -0.465 e. The standard InChI is InChI=1S/C24H39N5O5/c1-4-29-21-19(8-5-15-33-16-7-12-25-22(21)30)20(26-29)9-6-17-34-23(31)18-10-13-28(14-11-18)24(32)27(2)3/h18H,4-17H2,1-3H3,(H,25,30). The monoisotopic (exact) mass is 477 g/mol. The van der Waals surface area contributed by atoms with E-state index in [9.17, 15) is 14.4 Å². The molecule has 34 heavy (non-hydrogen) atoms. The number of piperidine rings is 1. The van der Waals surface area contributed by atoms with E-state index in [0.29, 0.717) is 77.4 Å². The summed E-state index contributed by atoms with van der Waals surface area (Å²) in [5.41, 5.74) is 2.53. The van der Waals surface area contributed by atoms with Gasteiger partial charge in [0, 0.05) is 59.1 Å². The Hall–Kier alpha value is -2.62. The molecule has 3 heterocycles. The third-order valence-electron chi connectivity index (χ3n) is 6.40. The fraction of sp³-hybridized carbons (Fsp3) is 0.750. The van der Waals surface area contributed by atoms with Gasteiger partial charge in [-0.15, -0.1) is 0 Å². The molecule has 2 aliphatic heterocycles. The molecule has 3 amide bonds. The molecule has 0 spiro atoms. The van der Waals surface area contributed by atoms with Crippen LogP contribution in [0.1, 0.15) is 60.8 Å². The van der Waals surface area contributed by atoms with Crippen molar-refractivity contribution in [3.8, 4) is 0 Å². The first-order valence-corrected chi connectivity index (χ1v) is 12.5. The van der Waals surface area contributed by atoms with E-state index < -0.39 is 0 Å². The van der Waals surface area contributed by atoms with Crippen LogP contribution in [-0.2, 0) is 33.7 Å². The molecule has 0 unspecified atom stereocenters. The van der Waals surface area contributed by atoms with Crippen LogP contribution in [-0.4, -0.2) is 91.0 Å². The summed E-state index contributed by atoms with van der Waals surface area (Å²) < 4.78 is 13.0. The molecule has 10 nitrogen and oxygen atoms in total. The predicted molar refractivity (Wildman–Crippen MR) is 127 cm³/mol. The number of hydrogen-bond donors (Lipinski definition) is 1. The van der Waals surface area contributed by atoms with Crippen LogP contribution in [0.15, 0.2) is 0 Å². The predicted octanol–water partition coefficient (Wildman–Crippen LogP) is 1.86. The number of ether oxygens (including phenoxy) is 2. The van der Waals surface area contributed by atoms with Crippen LogP contribution in [0.2, 0.25) is 0 Å². The van der Waals surface area contributed by atoms with Gasteiger partial charge in [0.25, 0.3) is 5.91 Å². The van der Waals surface area contributed by atoms with E-state index in [1.165, 1.54) is 0 Å².